The molecule has 130 valence electrons. The number of pyridine rings is 1. The molecule has 4 rings (SSSR count). The van der Waals surface area contributed by atoms with E-state index in [2.05, 4.69) is 50.0 Å². The lowest BCUT2D eigenvalue weighted by molar-refractivity contribution is 0.0157. The number of benzene rings is 1. The molecule has 2 atom stereocenters. The minimum Gasteiger partial charge on any atom is -0.465 e. The van der Waals surface area contributed by atoms with Crippen molar-refractivity contribution in [2.45, 2.75) is 52.7 Å². The van der Waals surface area contributed by atoms with Gasteiger partial charge in [-0.2, -0.15) is 0 Å². The largest absolute Gasteiger partial charge is 0.465 e. The summed E-state index contributed by atoms with van der Waals surface area (Å²) in [6.45, 7) is 8.73. The second kappa shape index (κ2) is 5.98. The maximum Gasteiger partial charge on any atom is 0.203 e. The van der Waals surface area contributed by atoms with Gasteiger partial charge >= 0.3 is 0 Å². The van der Waals surface area contributed by atoms with Gasteiger partial charge in [-0.15, -0.1) is 0 Å². The summed E-state index contributed by atoms with van der Waals surface area (Å²) in [5, 5.41) is 0. The number of rotatable bonds is 2. The molecule has 25 heavy (non-hydrogen) atoms. The van der Waals surface area contributed by atoms with Crippen LogP contribution in [0.4, 0.5) is 0 Å². The first-order valence-corrected chi connectivity index (χ1v) is 9.32. The lowest BCUT2D eigenvalue weighted by atomic mass is 9.86. The summed E-state index contributed by atoms with van der Waals surface area (Å²) in [5.41, 5.74) is 5.05. The number of aromatic nitrogens is 1. The molecule has 1 spiro atoms. The van der Waals surface area contributed by atoms with Crippen LogP contribution in [0.3, 0.4) is 0 Å². The van der Waals surface area contributed by atoms with Crippen LogP contribution in [-0.2, 0) is 0 Å². The summed E-state index contributed by atoms with van der Waals surface area (Å²) in [6, 6.07) is 10.5. The van der Waals surface area contributed by atoms with Crippen LogP contribution in [0.5, 0.6) is 5.75 Å². The molecule has 1 aromatic heterocycles. The summed E-state index contributed by atoms with van der Waals surface area (Å²) in [6.07, 6.45) is 5.30. The Kier molecular flexibility index (Phi) is 3.90. The van der Waals surface area contributed by atoms with E-state index in [0.29, 0.717) is 11.8 Å². The normalized spacial score (nSPS) is 25.0. The van der Waals surface area contributed by atoms with Gasteiger partial charge in [0.2, 0.25) is 5.72 Å². The second-order valence-corrected chi connectivity index (χ2v) is 7.77. The van der Waals surface area contributed by atoms with E-state index in [1.165, 1.54) is 18.4 Å². The lowest BCUT2D eigenvalue weighted by Gasteiger charge is -2.39. The highest BCUT2D eigenvalue weighted by Gasteiger charge is 2.49. The molecule has 1 fully saturated rings. The molecular weight excluding hydrogens is 308 g/mol. The molecule has 1 saturated carbocycles. The van der Waals surface area contributed by atoms with Crippen molar-refractivity contribution in [1.29, 1.82) is 0 Å². The number of hydrogen-bond acceptors (Lipinski definition) is 3. The Bertz CT molecular complexity index is 840. The van der Waals surface area contributed by atoms with E-state index in [1.54, 1.807) is 0 Å². The number of aryl methyl sites for hydroxylation is 2. The summed E-state index contributed by atoms with van der Waals surface area (Å²) in [4.78, 5) is 9.83. The van der Waals surface area contributed by atoms with Crippen LogP contribution >= 0.6 is 0 Å². The van der Waals surface area contributed by atoms with Gasteiger partial charge in [-0.1, -0.05) is 26.0 Å². The van der Waals surface area contributed by atoms with Crippen molar-refractivity contribution < 1.29 is 4.74 Å². The zero-order chi connectivity index (χ0) is 17.6. The molecule has 0 bridgehead atoms. The average Bonchev–Trinajstić information content (AvgIpc) is 2.99. The number of nitrogens with zero attached hydrogens (tertiary/aromatic N) is 2. The van der Waals surface area contributed by atoms with E-state index in [0.717, 1.165) is 34.7 Å². The van der Waals surface area contributed by atoms with Crippen molar-refractivity contribution in [1.82, 2.24) is 4.98 Å². The number of hydrogen-bond donors (Lipinski definition) is 0. The number of fused-ring (bicyclic) bond motifs is 1. The van der Waals surface area contributed by atoms with Crippen LogP contribution < -0.4 is 4.74 Å². The molecule has 2 aliphatic rings. The maximum absolute atomic E-state index is 6.55. The van der Waals surface area contributed by atoms with Crippen molar-refractivity contribution in [3.63, 3.8) is 0 Å². The maximum atomic E-state index is 6.55. The highest BCUT2D eigenvalue weighted by molar-refractivity contribution is 6.15. The molecule has 2 heterocycles. The summed E-state index contributed by atoms with van der Waals surface area (Å²) in [7, 11) is 0. The quantitative estimate of drug-likeness (QED) is 0.767. The number of ether oxygens (including phenoxy) is 1. The molecule has 0 N–H and O–H groups in total. The third-order valence-electron chi connectivity index (χ3n) is 5.78. The SMILES string of the molecule is Cc1cc(C2=NC3(CCCC3C(C)C)Oc3ccccc32)cnc1C. The zero-order valence-corrected chi connectivity index (χ0v) is 15.5. The van der Waals surface area contributed by atoms with Gasteiger partial charge in [-0.3, -0.25) is 4.98 Å². The first-order valence-electron chi connectivity index (χ1n) is 9.32. The smallest absolute Gasteiger partial charge is 0.203 e. The Hall–Kier alpha value is -2.16. The van der Waals surface area contributed by atoms with Crippen molar-refractivity contribution >= 4 is 5.71 Å². The minimum absolute atomic E-state index is 0.420. The van der Waals surface area contributed by atoms with E-state index < -0.39 is 5.72 Å². The Morgan fingerprint density at radius 3 is 2.76 bits per heavy atom. The summed E-state index contributed by atoms with van der Waals surface area (Å²) < 4.78 is 6.55. The third-order valence-corrected chi connectivity index (χ3v) is 5.78. The van der Waals surface area contributed by atoms with Gasteiger partial charge in [0, 0.05) is 35.4 Å². The standard InChI is InChI=1S/C22H26N2O/c1-14(2)19-9-7-11-22(19)24-21(17-12-15(3)16(4)23-13-17)18-8-5-6-10-20(18)25-22/h5-6,8,10,12-14,19H,7,9,11H2,1-4H3. The number of para-hydroxylation sites is 1. The molecule has 1 aliphatic heterocycles. The van der Waals surface area contributed by atoms with Gasteiger partial charge in [0.05, 0.1) is 5.71 Å². The predicted molar refractivity (Wildman–Crippen MR) is 101 cm³/mol. The van der Waals surface area contributed by atoms with E-state index in [-0.39, 0.29) is 0 Å². The van der Waals surface area contributed by atoms with Crippen molar-refractivity contribution in [2.75, 3.05) is 0 Å². The zero-order valence-electron chi connectivity index (χ0n) is 15.5. The van der Waals surface area contributed by atoms with Gasteiger partial charge in [0.1, 0.15) is 5.75 Å². The van der Waals surface area contributed by atoms with Crippen molar-refractivity contribution in [2.24, 2.45) is 16.8 Å². The Morgan fingerprint density at radius 1 is 1.20 bits per heavy atom. The average molecular weight is 334 g/mol. The molecule has 1 aliphatic carbocycles. The van der Waals surface area contributed by atoms with Gasteiger partial charge in [0.25, 0.3) is 0 Å². The third kappa shape index (κ3) is 2.66. The topological polar surface area (TPSA) is 34.5 Å². The van der Waals surface area contributed by atoms with Crippen LogP contribution in [-0.4, -0.2) is 16.4 Å². The van der Waals surface area contributed by atoms with Crippen molar-refractivity contribution in [3.05, 3.63) is 58.9 Å². The van der Waals surface area contributed by atoms with Crippen molar-refractivity contribution in [3.8, 4) is 5.75 Å². The first kappa shape index (κ1) is 16.3. The Labute approximate surface area is 150 Å². The fourth-order valence-corrected chi connectivity index (χ4v) is 4.31. The summed E-state index contributed by atoms with van der Waals surface area (Å²) >= 11 is 0. The van der Waals surface area contributed by atoms with Crippen LogP contribution in [0.15, 0.2) is 41.5 Å². The van der Waals surface area contributed by atoms with Gasteiger partial charge in [-0.25, -0.2) is 4.99 Å². The van der Waals surface area contributed by atoms with Gasteiger partial charge in [0.15, 0.2) is 0 Å². The predicted octanol–water partition coefficient (Wildman–Crippen LogP) is 5.08. The van der Waals surface area contributed by atoms with Crippen LogP contribution in [0, 0.1) is 25.7 Å². The first-order chi connectivity index (χ1) is 12.0. The molecule has 0 radical (unpaired) electrons. The van der Waals surface area contributed by atoms with Crippen LogP contribution in [0.1, 0.15) is 55.5 Å². The molecule has 1 aromatic carbocycles. The molecule has 3 nitrogen and oxygen atoms in total. The Morgan fingerprint density at radius 2 is 2.00 bits per heavy atom. The fraction of sp³-hybridized carbons (Fsp3) is 0.455. The summed E-state index contributed by atoms with van der Waals surface area (Å²) in [5.74, 6) is 1.96. The van der Waals surface area contributed by atoms with E-state index in [4.69, 9.17) is 9.73 Å². The molecule has 2 aromatic rings. The van der Waals surface area contributed by atoms with E-state index >= 15 is 0 Å². The number of aliphatic imine (C=N–C) groups is 1. The van der Waals surface area contributed by atoms with Gasteiger partial charge < -0.3 is 4.74 Å². The van der Waals surface area contributed by atoms with E-state index in [9.17, 15) is 0 Å². The van der Waals surface area contributed by atoms with Crippen LogP contribution in [0.25, 0.3) is 0 Å². The highest BCUT2D eigenvalue weighted by atomic mass is 16.5. The second-order valence-electron chi connectivity index (χ2n) is 7.77. The van der Waals surface area contributed by atoms with Gasteiger partial charge in [-0.05, 0) is 56.4 Å². The fourth-order valence-electron chi connectivity index (χ4n) is 4.31. The Balaban J connectivity index is 1.90. The molecular formula is C22H26N2O. The molecule has 0 amide bonds. The monoisotopic (exact) mass is 334 g/mol. The molecule has 2 unspecified atom stereocenters. The van der Waals surface area contributed by atoms with Crippen LogP contribution in [0.2, 0.25) is 0 Å². The minimum atomic E-state index is -0.420. The highest BCUT2D eigenvalue weighted by Crippen LogP contribution is 2.47. The molecule has 0 saturated heterocycles. The molecule has 3 heteroatoms. The lowest BCUT2D eigenvalue weighted by Crippen LogP contribution is -2.44. The van der Waals surface area contributed by atoms with E-state index in [1.807, 2.05) is 19.2 Å².